The number of nitrogen functional groups attached to an aromatic ring is 1. The number of aryl methyl sites for hydroxylation is 1. The van der Waals surface area contributed by atoms with Crippen LogP contribution in [0.5, 0.6) is 0 Å². The average molecular weight is 528 g/mol. The van der Waals surface area contributed by atoms with Gasteiger partial charge >= 0.3 is 0 Å². The van der Waals surface area contributed by atoms with E-state index in [1.807, 2.05) is 11.0 Å². The van der Waals surface area contributed by atoms with E-state index in [9.17, 15) is 14.7 Å². The quantitative estimate of drug-likeness (QED) is 0.338. The third-order valence-corrected chi connectivity index (χ3v) is 8.59. The number of aliphatic hydroxyl groups excluding tert-OH is 1. The number of nitrogens with zero attached hydrogens (tertiary/aromatic N) is 7. The molecule has 2 fully saturated rings. The van der Waals surface area contributed by atoms with Crippen molar-refractivity contribution >= 4 is 23.2 Å². The lowest BCUT2D eigenvalue weighted by atomic mass is 9.85. The summed E-state index contributed by atoms with van der Waals surface area (Å²) in [5, 5.41) is 22.5. The summed E-state index contributed by atoms with van der Waals surface area (Å²) in [6, 6.07) is 2.09. The number of aliphatic hydroxyl groups is 1. The van der Waals surface area contributed by atoms with Crippen molar-refractivity contribution in [2.24, 2.45) is 0 Å². The van der Waals surface area contributed by atoms with Gasteiger partial charge in [-0.15, -0.1) is 10.2 Å². The zero-order valence-corrected chi connectivity index (χ0v) is 21.5. The van der Waals surface area contributed by atoms with Crippen molar-refractivity contribution in [2.75, 3.05) is 5.73 Å². The number of hydrogen-bond acceptors (Lipinski definition) is 9. The second-order valence-electron chi connectivity index (χ2n) is 10.9. The van der Waals surface area contributed by atoms with E-state index in [1.54, 1.807) is 12.4 Å². The van der Waals surface area contributed by atoms with Gasteiger partial charge in [-0.2, -0.15) is 9.61 Å². The van der Waals surface area contributed by atoms with Crippen molar-refractivity contribution < 1.29 is 14.7 Å². The van der Waals surface area contributed by atoms with Crippen LogP contribution in [0.2, 0.25) is 0 Å². The fourth-order valence-electron chi connectivity index (χ4n) is 6.85. The predicted molar refractivity (Wildman–Crippen MR) is 140 cm³/mol. The first-order chi connectivity index (χ1) is 18.9. The Morgan fingerprint density at radius 3 is 2.64 bits per heavy atom. The topological polar surface area (TPSA) is 168 Å². The van der Waals surface area contributed by atoms with Crippen molar-refractivity contribution in [3.63, 3.8) is 0 Å². The molecule has 0 aromatic carbocycles. The van der Waals surface area contributed by atoms with E-state index in [0.717, 1.165) is 54.5 Å². The number of anilines is 1. The fraction of sp³-hybridized carbons (Fsp3) is 0.444. The Morgan fingerprint density at radius 2 is 1.92 bits per heavy atom. The third-order valence-electron chi connectivity index (χ3n) is 8.59. The SMILES string of the molecule is CC(=O)c1c([C@@H]2C[C@H]3CC[C@@H](C2)N3C(=O)c2nnc[nH]2)nc2c(-c3cnc4c(c3)CCCC4O)cnn2c1N. The second kappa shape index (κ2) is 8.94. The first kappa shape index (κ1) is 23.9. The maximum Gasteiger partial charge on any atom is 0.292 e. The van der Waals surface area contributed by atoms with Gasteiger partial charge < -0.3 is 20.7 Å². The average Bonchev–Trinajstić information content (AvgIpc) is 3.66. The van der Waals surface area contributed by atoms with Crippen LogP contribution < -0.4 is 5.73 Å². The summed E-state index contributed by atoms with van der Waals surface area (Å²) in [6.45, 7) is 1.50. The lowest BCUT2D eigenvalue weighted by Crippen LogP contribution is -2.46. The van der Waals surface area contributed by atoms with Gasteiger partial charge in [0, 0.05) is 35.3 Å². The molecule has 1 unspecified atom stereocenters. The van der Waals surface area contributed by atoms with Gasteiger partial charge in [0.15, 0.2) is 11.4 Å². The number of carbonyl (C=O) groups excluding carboxylic acids is 2. The summed E-state index contributed by atoms with van der Waals surface area (Å²) in [4.78, 5) is 40.4. The van der Waals surface area contributed by atoms with Crippen molar-refractivity contribution in [2.45, 2.75) is 76.0 Å². The number of aromatic amines is 1. The minimum Gasteiger partial charge on any atom is -0.387 e. The van der Waals surface area contributed by atoms with Crippen molar-refractivity contribution in [3.8, 4) is 11.1 Å². The fourth-order valence-corrected chi connectivity index (χ4v) is 6.85. The van der Waals surface area contributed by atoms with Crippen LogP contribution in [0.1, 0.15) is 95.4 Å². The first-order valence-electron chi connectivity index (χ1n) is 13.4. The number of aromatic nitrogens is 7. The van der Waals surface area contributed by atoms with Crippen molar-refractivity contribution in [1.82, 2.24) is 39.7 Å². The molecular formula is C27H29N9O3. The molecule has 3 aliphatic rings. The number of pyridine rings is 1. The largest absolute Gasteiger partial charge is 0.387 e. The summed E-state index contributed by atoms with van der Waals surface area (Å²) < 4.78 is 1.53. The second-order valence-corrected chi connectivity index (χ2v) is 10.9. The molecular weight excluding hydrogens is 498 g/mol. The van der Waals surface area contributed by atoms with Crippen LogP contribution in [-0.2, 0) is 6.42 Å². The summed E-state index contributed by atoms with van der Waals surface area (Å²) in [7, 11) is 0. The molecule has 1 amide bonds. The van der Waals surface area contributed by atoms with Crippen LogP contribution in [0, 0.1) is 0 Å². The van der Waals surface area contributed by atoms with Gasteiger partial charge in [-0.25, -0.2) is 4.98 Å². The van der Waals surface area contributed by atoms with Crippen LogP contribution in [0.4, 0.5) is 5.82 Å². The van der Waals surface area contributed by atoms with E-state index in [1.165, 1.54) is 17.8 Å². The highest BCUT2D eigenvalue weighted by molar-refractivity contribution is 6.00. The number of piperidine rings is 1. The zero-order valence-electron chi connectivity index (χ0n) is 21.5. The maximum absolute atomic E-state index is 13.1. The Kier molecular flexibility index (Phi) is 5.48. The molecule has 6 heterocycles. The van der Waals surface area contributed by atoms with Gasteiger partial charge in [-0.3, -0.25) is 14.6 Å². The number of Topliss-reactive ketones (excluding diaryl/α,β-unsaturated/α-hetero) is 1. The Labute approximate surface area is 223 Å². The molecule has 7 rings (SSSR count). The van der Waals surface area contributed by atoms with Crippen LogP contribution in [-0.4, -0.2) is 68.5 Å². The van der Waals surface area contributed by atoms with E-state index >= 15 is 0 Å². The number of amides is 1. The van der Waals surface area contributed by atoms with Crippen LogP contribution >= 0.6 is 0 Å². The van der Waals surface area contributed by atoms with Gasteiger partial charge in [0.1, 0.15) is 12.1 Å². The number of H-pyrrole nitrogens is 1. The lowest BCUT2D eigenvalue weighted by Gasteiger charge is -2.38. The highest BCUT2D eigenvalue weighted by Crippen LogP contribution is 2.45. The molecule has 1 aliphatic carbocycles. The van der Waals surface area contributed by atoms with Gasteiger partial charge in [-0.05, 0) is 63.5 Å². The molecule has 2 aliphatic heterocycles. The molecule has 4 N–H and O–H groups in total. The maximum atomic E-state index is 13.1. The summed E-state index contributed by atoms with van der Waals surface area (Å²) in [5.41, 5.74) is 11.6. The predicted octanol–water partition coefficient (Wildman–Crippen LogP) is 2.61. The minimum absolute atomic E-state index is 0.0195. The summed E-state index contributed by atoms with van der Waals surface area (Å²) in [6.07, 6.45) is 9.94. The van der Waals surface area contributed by atoms with Crippen LogP contribution in [0.3, 0.4) is 0 Å². The normalized spacial score (nSPS) is 24.2. The molecule has 4 atom stereocenters. The molecule has 2 bridgehead atoms. The molecule has 12 heteroatoms. The number of rotatable bonds is 4. The first-order valence-corrected chi connectivity index (χ1v) is 13.4. The van der Waals surface area contributed by atoms with Crippen LogP contribution in [0.25, 0.3) is 16.8 Å². The van der Waals surface area contributed by atoms with Gasteiger partial charge in [0.05, 0.1) is 29.3 Å². The van der Waals surface area contributed by atoms with Crippen molar-refractivity contribution in [1.29, 1.82) is 0 Å². The van der Waals surface area contributed by atoms with E-state index < -0.39 is 6.10 Å². The zero-order chi connectivity index (χ0) is 26.8. The summed E-state index contributed by atoms with van der Waals surface area (Å²) >= 11 is 0. The molecule has 0 spiro atoms. The van der Waals surface area contributed by atoms with E-state index in [4.69, 9.17) is 10.7 Å². The Balaban J connectivity index is 1.29. The molecule has 0 saturated carbocycles. The van der Waals surface area contributed by atoms with Gasteiger partial charge in [0.25, 0.3) is 5.91 Å². The monoisotopic (exact) mass is 527 g/mol. The van der Waals surface area contributed by atoms with E-state index in [-0.39, 0.29) is 41.3 Å². The number of fused-ring (bicyclic) bond motifs is 4. The molecule has 4 aromatic heterocycles. The molecule has 2 saturated heterocycles. The van der Waals surface area contributed by atoms with Crippen LogP contribution in [0.15, 0.2) is 24.8 Å². The van der Waals surface area contributed by atoms with Gasteiger partial charge in [-0.1, -0.05) is 0 Å². The lowest BCUT2D eigenvalue weighted by molar-refractivity contribution is 0.0556. The molecule has 12 nitrogen and oxygen atoms in total. The number of hydrogen-bond donors (Lipinski definition) is 3. The number of nitrogens with two attached hydrogens (primary N) is 1. The molecule has 0 radical (unpaired) electrons. The number of carbonyl (C=O) groups is 2. The summed E-state index contributed by atoms with van der Waals surface area (Å²) in [5.74, 6) is 0.172. The van der Waals surface area contributed by atoms with Gasteiger partial charge in [0.2, 0.25) is 5.82 Å². The standard InChI is InChI=1S/C27H29N9O3/c1-13(37)21-23(15-8-17-5-6-18(9-15)35(17)27(39)25-30-12-31-34-25)33-26-19(11-32-36(26)24(21)28)16-7-14-3-2-4-20(38)22(14)29-10-16/h7,10-12,15,17-18,20,38H,2-6,8-9,28H2,1H3,(H,30,31,34)/t15-,17-,18+,20?. The Hall–Kier alpha value is -4.19. The highest BCUT2D eigenvalue weighted by Gasteiger charge is 2.45. The Morgan fingerprint density at radius 1 is 1.13 bits per heavy atom. The van der Waals surface area contributed by atoms with E-state index in [0.29, 0.717) is 29.7 Å². The Bertz CT molecular complexity index is 1600. The van der Waals surface area contributed by atoms with E-state index in [2.05, 4.69) is 25.3 Å². The third kappa shape index (κ3) is 3.73. The minimum atomic E-state index is -0.539. The number of nitrogens with one attached hydrogen (secondary N) is 1. The number of ketones is 1. The molecule has 200 valence electrons. The molecule has 4 aromatic rings. The molecule has 39 heavy (non-hydrogen) atoms. The van der Waals surface area contributed by atoms with Crippen molar-refractivity contribution in [3.05, 3.63) is 53.1 Å². The highest BCUT2D eigenvalue weighted by atomic mass is 16.3. The smallest absolute Gasteiger partial charge is 0.292 e.